The van der Waals surface area contributed by atoms with Crippen LogP contribution in [0.1, 0.15) is 37.4 Å². The molecule has 1 heterocycles. The molecule has 1 N–H and O–H groups in total. The van der Waals surface area contributed by atoms with Gasteiger partial charge in [0.1, 0.15) is 5.82 Å². The average Bonchev–Trinajstić information content (AvgIpc) is 2.78. The lowest BCUT2D eigenvalue weighted by Gasteiger charge is -2.28. The summed E-state index contributed by atoms with van der Waals surface area (Å²) in [6.45, 7) is 1.16. The predicted molar refractivity (Wildman–Crippen MR) is 79.3 cm³/mol. The zero-order valence-electron chi connectivity index (χ0n) is 11.9. The Hall–Kier alpha value is -1.35. The van der Waals surface area contributed by atoms with E-state index in [4.69, 9.17) is 4.98 Å². The topological polar surface area (TPSA) is 29.9 Å². The van der Waals surface area contributed by atoms with Crippen LogP contribution < -0.4 is 5.32 Å². The highest BCUT2D eigenvalue weighted by atomic mass is 15.1. The van der Waals surface area contributed by atoms with Crippen molar-refractivity contribution < 1.29 is 0 Å². The highest BCUT2D eigenvalue weighted by Crippen LogP contribution is 2.35. The molecule has 0 spiro atoms. The first kappa shape index (κ1) is 12.7. The van der Waals surface area contributed by atoms with Crippen LogP contribution in [0.25, 0.3) is 11.0 Å². The summed E-state index contributed by atoms with van der Waals surface area (Å²) in [4.78, 5) is 4.85. The van der Waals surface area contributed by atoms with Crippen molar-refractivity contribution in [2.24, 2.45) is 13.0 Å². The third kappa shape index (κ3) is 2.39. The van der Waals surface area contributed by atoms with Crippen LogP contribution in [0.3, 0.4) is 0 Å². The molecule has 3 nitrogen and oxygen atoms in total. The zero-order chi connectivity index (χ0) is 13.2. The van der Waals surface area contributed by atoms with Gasteiger partial charge in [-0.15, -0.1) is 0 Å². The first-order valence-electron chi connectivity index (χ1n) is 7.35. The molecule has 1 aliphatic rings. The average molecular weight is 257 g/mol. The maximum Gasteiger partial charge on any atom is 0.112 e. The van der Waals surface area contributed by atoms with Crippen LogP contribution in [0.5, 0.6) is 0 Å². The molecule has 1 fully saturated rings. The smallest absolute Gasteiger partial charge is 0.112 e. The van der Waals surface area contributed by atoms with Gasteiger partial charge in [0.25, 0.3) is 0 Å². The van der Waals surface area contributed by atoms with E-state index in [0.29, 0.717) is 5.92 Å². The number of aromatic nitrogens is 2. The number of benzene rings is 1. The van der Waals surface area contributed by atoms with Crippen molar-refractivity contribution in [3.8, 4) is 0 Å². The molecule has 102 valence electrons. The monoisotopic (exact) mass is 257 g/mol. The number of rotatable bonds is 3. The lowest BCUT2D eigenvalue weighted by Crippen LogP contribution is -2.24. The Kier molecular flexibility index (Phi) is 3.56. The Morgan fingerprint density at radius 1 is 1.21 bits per heavy atom. The van der Waals surface area contributed by atoms with Crippen molar-refractivity contribution in [1.29, 1.82) is 0 Å². The highest BCUT2D eigenvalue weighted by Gasteiger charge is 2.25. The minimum absolute atomic E-state index is 0.644. The van der Waals surface area contributed by atoms with Crippen LogP contribution in [0.15, 0.2) is 24.3 Å². The van der Waals surface area contributed by atoms with Gasteiger partial charge in [-0.05, 0) is 57.3 Å². The van der Waals surface area contributed by atoms with Crippen LogP contribution in [0.4, 0.5) is 0 Å². The number of aryl methyl sites for hydroxylation is 1. The molecule has 3 heteroatoms. The van der Waals surface area contributed by atoms with Crippen LogP contribution in [-0.4, -0.2) is 23.1 Å². The number of hydrogen-bond acceptors (Lipinski definition) is 2. The molecule has 0 atom stereocenters. The molecule has 0 aliphatic heterocycles. The summed E-state index contributed by atoms with van der Waals surface area (Å²) in [6, 6.07) is 8.45. The van der Waals surface area contributed by atoms with Crippen molar-refractivity contribution in [3.63, 3.8) is 0 Å². The predicted octanol–water partition coefficient (Wildman–Crippen LogP) is 3.07. The first-order valence-corrected chi connectivity index (χ1v) is 7.35. The number of fused-ring (bicyclic) bond motifs is 1. The normalized spacial score (nSPS) is 23.9. The molecule has 0 bridgehead atoms. The Labute approximate surface area is 115 Å². The largest absolute Gasteiger partial charge is 0.331 e. The van der Waals surface area contributed by atoms with E-state index in [9.17, 15) is 0 Å². The van der Waals surface area contributed by atoms with E-state index < -0.39 is 0 Å². The van der Waals surface area contributed by atoms with Crippen molar-refractivity contribution in [2.75, 3.05) is 13.6 Å². The second kappa shape index (κ2) is 5.33. The molecular weight excluding hydrogens is 234 g/mol. The maximum absolute atomic E-state index is 4.85. The number of nitrogens with zero attached hydrogens (tertiary/aromatic N) is 2. The molecule has 2 aromatic rings. The fourth-order valence-electron chi connectivity index (χ4n) is 3.44. The quantitative estimate of drug-likeness (QED) is 0.916. The molecule has 0 saturated heterocycles. The van der Waals surface area contributed by atoms with Gasteiger partial charge in [-0.2, -0.15) is 0 Å². The fourth-order valence-corrected chi connectivity index (χ4v) is 3.44. The van der Waals surface area contributed by atoms with Gasteiger partial charge in [0.05, 0.1) is 11.0 Å². The highest BCUT2D eigenvalue weighted by molar-refractivity contribution is 5.75. The lowest BCUT2D eigenvalue weighted by molar-refractivity contribution is 0.311. The summed E-state index contributed by atoms with van der Waals surface area (Å²) >= 11 is 0. The summed E-state index contributed by atoms with van der Waals surface area (Å²) < 4.78 is 2.29. The van der Waals surface area contributed by atoms with Gasteiger partial charge in [-0.1, -0.05) is 12.1 Å². The Morgan fingerprint density at radius 3 is 2.63 bits per heavy atom. The van der Waals surface area contributed by atoms with Crippen molar-refractivity contribution in [3.05, 3.63) is 30.1 Å². The summed E-state index contributed by atoms with van der Waals surface area (Å²) in [5.41, 5.74) is 2.40. The fraction of sp³-hybridized carbons (Fsp3) is 0.562. The summed E-state index contributed by atoms with van der Waals surface area (Å²) in [6.07, 6.45) is 5.22. The van der Waals surface area contributed by atoms with Gasteiger partial charge in [0.15, 0.2) is 0 Å². The minimum Gasteiger partial charge on any atom is -0.331 e. The van der Waals surface area contributed by atoms with E-state index in [0.717, 1.165) is 18.0 Å². The summed E-state index contributed by atoms with van der Waals surface area (Å²) in [7, 11) is 4.21. The van der Waals surface area contributed by atoms with Gasteiger partial charge in [0.2, 0.25) is 0 Å². The molecule has 0 radical (unpaired) electrons. The Bertz CT molecular complexity index is 550. The molecule has 3 rings (SSSR count). The molecular formula is C16H23N3. The van der Waals surface area contributed by atoms with Gasteiger partial charge in [-0.25, -0.2) is 4.98 Å². The van der Waals surface area contributed by atoms with Gasteiger partial charge < -0.3 is 9.88 Å². The molecule has 1 aliphatic carbocycles. The SMILES string of the molecule is CNCC1CCC(c2nc3ccccc3n2C)CC1. The molecule has 1 aromatic carbocycles. The van der Waals surface area contributed by atoms with Gasteiger partial charge >= 0.3 is 0 Å². The van der Waals surface area contributed by atoms with E-state index in [-0.39, 0.29) is 0 Å². The Morgan fingerprint density at radius 2 is 1.95 bits per heavy atom. The van der Waals surface area contributed by atoms with Gasteiger partial charge in [0, 0.05) is 13.0 Å². The molecule has 1 saturated carbocycles. The molecule has 19 heavy (non-hydrogen) atoms. The third-order valence-corrected chi connectivity index (χ3v) is 4.53. The van der Waals surface area contributed by atoms with Crippen molar-refractivity contribution in [1.82, 2.24) is 14.9 Å². The van der Waals surface area contributed by atoms with E-state index >= 15 is 0 Å². The summed E-state index contributed by atoms with van der Waals surface area (Å²) in [5, 5.41) is 3.30. The number of nitrogens with one attached hydrogen (secondary N) is 1. The van der Waals surface area contributed by atoms with E-state index in [1.54, 1.807) is 0 Å². The van der Waals surface area contributed by atoms with Crippen LogP contribution in [-0.2, 0) is 7.05 Å². The second-order valence-electron chi connectivity index (χ2n) is 5.79. The van der Waals surface area contributed by atoms with E-state index in [1.165, 1.54) is 37.0 Å². The maximum atomic E-state index is 4.85. The first-order chi connectivity index (χ1) is 9.29. The van der Waals surface area contributed by atoms with Crippen molar-refractivity contribution in [2.45, 2.75) is 31.6 Å². The number of imidazole rings is 1. The second-order valence-corrected chi connectivity index (χ2v) is 5.79. The van der Waals surface area contributed by atoms with E-state index in [2.05, 4.69) is 48.2 Å². The van der Waals surface area contributed by atoms with Gasteiger partial charge in [-0.3, -0.25) is 0 Å². The lowest BCUT2D eigenvalue weighted by atomic mass is 9.81. The molecule has 0 amide bonds. The number of hydrogen-bond donors (Lipinski definition) is 1. The summed E-state index contributed by atoms with van der Waals surface area (Å²) in [5.74, 6) is 2.78. The van der Waals surface area contributed by atoms with Crippen LogP contribution in [0.2, 0.25) is 0 Å². The number of para-hydroxylation sites is 2. The Balaban J connectivity index is 1.80. The zero-order valence-corrected chi connectivity index (χ0v) is 11.9. The van der Waals surface area contributed by atoms with Crippen molar-refractivity contribution >= 4 is 11.0 Å². The third-order valence-electron chi connectivity index (χ3n) is 4.53. The minimum atomic E-state index is 0.644. The standard InChI is InChI=1S/C16H23N3/c1-17-11-12-7-9-13(10-8-12)16-18-14-5-3-4-6-15(14)19(16)2/h3-6,12-13,17H,7-11H2,1-2H3. The van der Waals surface area contributed by atoms with Crippen LogP contribution in [0, 0.1) is 5.92 Å². The molecule has 0 unspecified atom stereocenters. The molecule has 1 aromatic heterocycles. The van der Waals surface area contributed by atoms with Crippen LogP contribution >= 0.6 is 0 Å². The van der Waals surface area contributed by atoms with E-state index in [1.807, 2.05) is 0 Å².